The molecule has 0 nitrogen and oxygen atoms in total. The van der Waals surface area contributed by atoms with Crippen LogP contribution in [0.1, 0.15) is 0 Å². The van der Waals surface area contributed by atoms with Gasteiger partial charge >= 0.3 is 0 Å². The van der Waals surface area contributed by atoms with Crippen molar-refractivity contribution in [2.45, 2.75) is 0 Å². The van der Waals surface area contributed by atoms with Gasteiger partial charge in [0.15, 0.2) is 0 Å². The fourth-order valence-electron chi connectivity index (χ4n) is 5.51. The van der Waals surface area contributed by atoms with Crippen molar-refractivity contribution in [2.75, 3.05) is 0 Å². The zero-order valence-electron chi connectivity index (χ0n) is 19.0. The Bertz CT molecular complexity index is 1780. The first-order valence-electron chi connectivity index (χ1n) is 11.9. The van der Waals surface area contributed by atoms with Crippen LogP contribution in [-0.4, -0.2) is 0 Å². The summed E-state index contributed by atoms with van der Waals surface area (Å²) in [7, 11) is 0. The summed E-state index contributed by atoms with van der Waals surface area (Å²) in [5.74, 6) is 0. The first kappa shape index (κ1) is 20.4. The predicted molar refractivity (Wildman–Crippen MR) is 155 cm³/mol. The Morgan fingerprint density at radius 3 is 1.14 bits per heavy atom. The molecule has 0 N–H and O–H groups in total. The molecule has 0 saturated carbocycles. The van der Waals surface area contributed by atoms with Crippen LogP contribution < -0.4 is 0 Å². The van der Waals surface area contributed by atoms with Crippen LogP contribution in [0.5, 0.6) is 0 Å². The normalized spacial score (nSPS) is 11.6. The molecular formula is C34H21Br. The molecule has 0 aliphatic carbocycles. The Morgan fingerprint density at radius 1 is 0.343 bits per heavy atom. The van der Waals surface area contributed by atoms with Crippen LogP contribution in [-0.2, 0) is 0 Å². The second-order valence-electron chi connectivity index (χ2n) is 9.05. The molecule has 0 amide bonds. The van der Waals surface area contributed by atoms with E-state index in [0.29, 0.717) is 0 Å². The largest absolute Gasteiger partial charge is 0.0616 e. The van der Waals surface area contributed by atoms with E-state index in [1.165, 1.54) is 65.3 Å². The van der Waals surface area contributed by atoms with Gasteiger partial charge in [0.1, 0.15) is 0 Å². The molecule has 1 heteroatoms. The van der Waals surface area contributed by atoms with Gasteiger partial charge in [-0.1, -0.05) is 121 Å². The second-order valence-corrected chi connectivity index (χ2v) is 9.84. The van der Waals surface area contributed by atoms with Gasteiger partial charge in [-0.15, -0.1) is 0 Å². The summed E-state index contributed by atoms with van der Waals surface area (Å²) in [5.41, 5.74) is 5.06. The summed E-state index contributed by atoms with van der Waals surface area (Å²) in [6.07, 6.45) is 0. The Kier molecular flexibility index (Phi) is 4.72. The van der Waals surface area contributed by atoms with E-state index in [1.807, 2.05) is 0 Å². The average molecular weight is 509 g/mol. The zero-order chi connectivity index (χ0) is 23.4. The van der Waals surface area contributed by atoms with E-state index >= 15 is 0 Å². The Labute approximate surface area is 212 Å². The molecule has 0 aromatic heterocycles. The van der Waals surface area contributed by atoms with Crippen LogP contribution in [0.15, 0.2) is 132 Å². The lowest BCUT2D eigenvalue weighted by Crippen LogP contribution is -1.89. The van der Waals surface area contributed by atoms with Gasteiger partial charge in [0.05, 0.1) is 0 Å². The van der Waals surface area contributed by atoms with E-state index in [-0.39, 0.29) is 0 Å². The van der Waals surface area contributed by atoms with Gasteiger partial charge in [-0.05, 0) is 87.3 Å². The van der Waals surface area contributed by atoms with Gasteiger partial charge < -0.3 is 0 Å². The van der Waals surface area contributed by atoms with Crippen molar-refractivity contribution in [2.24, 2.45) is 0 Å². The van der Waals surface area contributed by atoms with E-state index in [4.69, 9.17) is 0 Å². The maximum Gasteiger partial charge on any atom is 0.0332 e. The minimum atomic E-state index is 1.16. The van der Waals surface area contributed by atoms with Gasteiger partial charge in [0.25, 0.3) is 0 Å². The molecule has 0 heterocycles. The summed E-state index contributed by atoms with van der Waals surface area (Å²) in [5, 5.41) is 10.1. The quantitative estimate of drug-likeness (QED) is 0.203. The lowest BCUT2D eigenvalue weighted by atomic mass is 9.89. The van der Waals surface area contributed by atoms with Gasteiger partial charge in [-0.25, -0.2) is 0 Å². The minimum absolute atomic E-state index is 1.16. The van der Waals surface area contributed by atoms with Crippen LogP contribution in [0.3, 0.4) is 0 Å². The third-order valence-electron chi connectivity index (χ3n) is 7.10. The van der Waals surface area contributed by atoms with Crippen LogP contribution in [0.4, 0.5) is 0 Å². The molecule has 0 atom stereocenters. The Morgan fingerprint density at radius 2 is 0.686 bits per heavy atom. The van der Waals surface area contributed by atoms with E-state index in [0.717, 1.165) is 4.47 Å². The monoisotopic (exact) mass is 508 g/mol. The fraction of sp³-hybridized carbons (Fsp3) is 0. The second kappa shape index (κ2) is 8.08. The first-order valence-corrected chi connectivity index (χ1v) is 12.7. The minimum Gasteiger partial charge on any atom is -0.0616 e. The zero-order valence-corrected chi connectivity index (χ0v) is 20.6. The lowest BCUT2D eigenvalue weighted by Gasteiger charge is -2.16. The summed E-state index contributed by atoms with van der Waals surface area (Å²) < 4.78 is 1.16. The van der Waals surface area contributed by atoms with E-state index in [9.17, 15) is 0 Å². The summed E-state index contributed by atoms with van der Waals surface area (Å²) in [6, 6.07) is 46.2. The van der Waals surface area contributed by atoms with Crippen molar-refractivity contribution >= 4 is 59.0 Å². The molecule has 0 unspecified atom stereocenters. The smallest absolute Gasteiger partial charge is 0.0332 e. The first-order chi connectivity index (χ1) is 17.3. The Balaban J connectivity index is 1.50. The predicted octanol–water partition coefficient (Wildman–Crippen LogP) is 10.4. The van der Waals surface area contributed by atoms with Crippen LogP contribution >= 0.6 is 15.9 Å². The van der Waals surface area contributed by atoms with Gasteiger partial charge in [0, 0.05) is 4.47 Å². The average Bonchev–Trinajstić information content (AvgIpc) is 2.92. The van der Waals surface area contributed by atoms with Gasteiger partial charge in [-0.2, -0.15) is 0 Å². The third-order valence-corrected chi connectivity index (χ3v) is 7.95. The maximum absolute atomic E-state index is 3.88. The highest BCUT2D eigenvalue weighted by atomic mass is 79.9. The standard InChI is InChI=1S/C34H21Br/c35-34-30-15-7-5-13-28(30)33(29-14-6-8-16-31(29)34)23-19-17-22(18-20-23)32-26-11-3-1-9-24(26)21-25-10-2-4-12-27(25)32/h1-21H. The van der Waals surface area contributed by atoms with Crippen molar-refractivity contribution in [1.82, 2.24) is 0 Å². The van der Waals surface area contributed by atoms with Crippen molar-refractivity contribution in [3.8, 4) is 22.3 Å². The highest BCUT2D eigenvalue weighted by Crippen LogP contribution is 2.43. The summed E-state index contributed by atoms with van der Waals surface area (Å²) in [4.78, 5) is 0. The molecule has 0 fully saturated rings. The molecule has 0 radical (unpaired) electrons. The molecule has 7 aromatic carbocycles. The number of fused-ring (bicyclic) bond motifs is 4. The van der Waals surface area contributed by atoms with Crippen molar-refractivity contribution in [3.05, 3.63) is 132 Å². The van der Waals surface area contributed by atoms with Gasteiger partial charge in [0.2, 0.25) is 0 Å². The lowest BCUT2D eigenvalue weighted by molar-refractivity contribution is 1.65. The van der Waals surface area contributed by atoms with Crippen LogP contribution in [0.2, 0.25) is 0 Å². The summed E-state index contributed by atoms with van der Waals surface area (Å²) >= 11 is 3.88. The van der Waals surface area contributed by atoms with Gasteiger partial charge in [-0.3, -0.25) is 0 Å². The molecule has 0 bridgehead atoms. The molecule has 0 aliphatic rings. The highest BCUT2D eigenvalue weighted by Gasteiger charge is 2.15. The number of halogens is 1. The Hall–Kier alpha value is -3.94. The van der Waals surface area contributed by atoms with Crippen molar-refractivity contribution in [1.29, 1.82) is 0 Å². The number of benzene rings is 7. The molecular weight excluding hydrogens is 488 g/mol. The fourth-order valence-corrected chi connectivity index (χ4v) is 6.21. The molecule has 35 heavy (non-hydrogen) atoms. The number of hydrogen-bond acceptors (Lipinski definition) is 0. The SMILES string of the molecule is Brc1c2ccccc2c(-c2ccc(-c3c4ccccc4cc4ccccc34)cc2)c2ccccc12. The third kappa shape index (κ3) is 3.20. The molecule has 0 aliphatic heterocycles. The van der Waals surface area contributed by atoms with Crippen LogP contribution in [0, 0.1) is 0 Å². The molecule has 0 saturated heterocycles. The topological polar surface area (TPSA) is 0 Å². The number of hydrogen-bond donors (Lipinski definition) is 0. The van der Waals surface area contributed by atoms with E-state index < -0.39 is 0 Å². The molecule has 7 rings (SSSR count). The van der Waals surface area contributed by atoms with Crippen LogP contribution in [0.25, 0.3) is 65.3 Å². The van der Waals surface area contributed by atoms with E-state index in [2.05, 4.69) is 143 Å². The molecule has 0 spiro atoms. The molecule has 164 valence electrons. The molecule has 7 aromatic rings. The van der Waals surface area contributed by atoms with E-state index in [1.54, 1.807) is 0 Å². The highest BCUT2D eigenvalue weighted by molar-refractivity contribution is 9.10. The summed E-state index contributed by atoms with van der Waals surface area (Å²) in [6.45, 7) is 0. The van der Waals surface area contributed by atoms with Crippen molar-refractivity contribution in [3.63, 3.8) is 0 Å². The number of rotatable bonds is 2. The maximum atomic E-state index is 3.88. The van der Waals surface area contributed by atoms with Crippen molar-refractivity contribution < 1.29 is 0 Å².